The Bertz CT molecular complexity index is 2100. The Morgan fingerprint density at radius 2 is 1.86 bits per heavy atom. The maximum Gasteiger partial charge on any atom is 0.410 e. The maximum absolute atomic E-state index is 15.3. The molecule has 4 aromatic heterocycles. The van der Waals surface area contributed by atoms with E-state index in [1.54, 1.807) is 42.4 Å². The van der Waals surface area contributed by atoms with Gasteiger partial charge in [-0.3, -0.25) is 9.58 Å². The normalized spacial score (nSPS) is 19.8. The molecule has 2 aliphatic rings. The molecule has 5 aromatic rings. The van der Waals surface area contributed by atoms with E-state index in [9.17, 15) is 14.9 Å². The number of alkyl carbamates (subject to hydrolysis) is 1. The van der Waals surface area contributed by atoms with Crippen LogP contribution in [0.4, 0.5) is 19.8 Å². The van der Waals surface area contributed by atoms with Gasteiger partial charge in [0.1, 0.15) is 36.3 Å². The molecule has 2 fully saturated rings. The van der Waals surface area contributed by atoms with Gasteiger partial charge in [0.25, 0.3) is 0 Å². The van der Waals surface area contributed by atoms with Crippen LogP contribution in [0.1, 0.15) is 31.9 Å². The summed E-state index contributed by atoms with van der Waals surface area (Å²) in [6.45, 7) is 4.58. The van der Waals surface area contributed by atoms with Gasteiger partial charge in [-0.05, 0) is 44.5 Å². The van der Waals surface area contributed by atoms with Crippen LogP contribution in [0.2, 0.25) is 0 Å². The molecule has 256 valence electrons. The van der Waals surface area contributed by atoms with Gasteiger partial charge in [0.05, 0.1) is 42.1 Å². The summed E-state index contributed by atoms with van der Waals surface area (Å²) in [4.78, 5) is 34.6. The number of anilines is 1. The Labute approximate surface area is 287 Å². The van der Waals surface area contributed by atoms with Gasteiger partial charge in [-0.15, -0.1) is 0 Å². The number of likely N-dealkylation sites (tertiary alicyclic amines) is 1. The van der Waals surface area contributed by atoms with E-state index < -0.39 is 42.1 Å². The van der Waals surface area contributed by atoms with Crippen molar-refractivity contribution in [2.75, 3.05) is 24.7 Å². The molecule has 2 saturated heterocycles. The van der Waals surface area contributed by atoms with Gasteiger partial charge in [0.15, 0.2) is 0 Å². The zero-order valence-electron chi connectivity index (χ0n) is 28.1. The van der Waals surface area contributed by atoms with Crippen molar-refractivity contribution in [2.24, 2.45) is 7.05 Å². The maximum atomic E-state index is 15.3. The van der Waals surface area contributed by atoms with Gasteiger partial charge >= 0.3 is 12.2 Å². The second kappa shape index (κ2) is 12.5. The molecule has 2 aliphatic heterocycles. The number of alkyl halides is 1. The topological polar surface area (TPSA) is 143 Å². The molecule has 1 aromatic carbocycles. The number of carbonyl (C=O) groups is 2. The monoisotopic (exact) mass is 677 g/mol. The second-order valence-corrected chi connectivity index (χ2v) is 13.7. The van der Waals surface area contributed by atoms with Crippen LogP contribution in [-0.2, 0) is 23.1 Å². The van der Waals surface area contributed by atoms with E-state index in [2.05, 4.69) is 21.6 Å². The van der Waals surface area contributed by atoms with Crippen LogP contribution >= 0.6 is 0 Å². The van der Waals surface area contributed by atoms with Crippen molar-refractivity contribution < 1.29 is 23.5 Å². The van der Waals surface area contributed by atoms with Gasteiger partial charge in [0, 0.05) is 54.4 Å². The summed E-state index contributed by atoms with van der Waals surface area (Å²) >= 11 is 0. The van der Waals surface area contributed by atoms with Gasteiger partial charge in [-0.2, -0.15) is 15.5 Å². The molecule has 0 saturated carbocycles. The molecule has 50 heavy (non-hydrogen) atoms. The Kier molecular flexibility index (Phi) is 8.13. The number of pyridine rings is 2. The number of halogens is 1. The molecule has 6 heterocycles. The number of benzene rings is 1. The number of nitriles is 1. The molecule has 2 amide bonds. The number of nitrogens with zero attached hydrogens (tertiary/aromatic N) is 8. The highest BCUT2D eigenvalue weighted by molar-refractivity contribution is 5.87. The molecular formula is C36H36FN9O4. The Morgan fingerprint density at radius 3 is 2.52 bits per heavy atom. The molecule has 0 spiro atoms. The molecule has 7 rings (SSSR count). The lowest BCUT2D eigenvalue weighted by atomic mass is 9.83. The average molecular weight is 678 g/mol. The van der Waals surface area contributed by atoms with Gasteiger partial charge in [-0.1, -0.05) is 30.3 Å². The molecule has 1 unspecified atom stereocenters. The molecule has 0 aliphatic carbocycles. The Morgan fingerprint density at radius 1 is 1.06 bits per heavy atom. The summed E-state index contributed by atoms with van der Waals surface area (Å²) in [7, 11) is 1.84. The van der Waals surface area contributed by atoms with Gasteiger partial charge < -0.3 is 19.7 Å². The quantitative estimate of drug-likeness (QED) is 0.249. The van der Waals surface area contributed by atoms with Crippen molar-refractivity contribution in [1.29, 1.82) is 5.26 Å². The third kappa shape index (κ3) is 5.95. The van der Waals surface area contributed by atoms with Gasteiger partial charge in [0.2, 0.25) is 0 Å². The van der Waals surface area contributed by atoms with Crippen LogP contribution in [0.5, 0.6) is 0 Å². The van der Waals surface area contributed by atoms with Crippen molar-refractivity contribution in [2.45, 2.75) is 50.6 Å². The molecule has 13 nitrogen and oxygen atoms in total. The predicted octanol–water partition coefficient (Wildman–Crippen LogP) is 5.11. The molecule has 1 N–H and O–H groups in total. The summed E-state index contributed by atoms with van der Waals surface area (Å²) in [5.41, 5.74) is 2.80. The second-order valence-electron chi connectivity index (χ2n) is 13.7. The third-order valence-corrected chi connectivity index (χ3v) is 9.06. The summed E-state index contributed by atoms with van der Waals surface area (Å²) in [5.74, 6) is 0.534. The van der Waals surface area contributed by atoms with E-state index in [0.717, 1.165) is 27.8 Å². The van der Waals surface area contributed by atoms with E-state index in [1.807, 2.05) is 72.9 Å². The number of hydrogen-bond donors (Lipinski definition) is 1. The summed E-state index contributed by atoms with van der Waals surface area (Å²) in [6, 6.07) is 16.0. The average Bonchev–Trinajstić information content (AvgIpc) is 3.77. The number of ether oxygens (including phenoxy) is 2. The first-order chi connectivity index (χ1) is 24.0. The largest absolute Gasteiger partial charge is 0.445 e. The lowest BCUT2D eigenvalue weighted by molar-refractivity contribution is 0.0190. The van der Waals surface area contributed by atoms with Crippen LogP contribution in [0, 0.1) is 11.3 Å². The Balaban J connectivity index is 1.19. The highest BCUT2D eigenvalue weighted by Gasteiger charge is 2.64. The first-order valence-corrected chi connectivity index (χ1v) is 16.2. The summed E-state index contributed by atoms with van der Waals surface area (Å²) in [5, 5.41) is 21.3. The number of rotatable bonds is 7. The van der Waals surface area contributed by atoms with Crippen molar-refractivity contribution in [3.05, 3.63) is 90.6 Å². The number of aryl methyl sites for hydroxylation is 1. The van der Waals surface area contributed by atoms with Crippen molar-refractivity contribution in [3.8, 4) is 28.3 Å². The lowest BCUT2D eigenvalue weighted by Gasteiger charge is -2.51. The van der Waals surface area contributed by atoms with Crippen LogP contribution in [0.25, 0.3) is 27.8 Å². The minimum atomic E-state index is -1.49. The van der Waals surface area contributed by atoms with Crippen LogP contribution in [0.3, 0.4) is 0 Å². The Hall–Kier alpha value is -5.97. The number of amides is 2. The minimum absolute atomic E-state index is 0.00556. The fraction of sp³-hybridized carbons (Fsp3) is 0.333. The fourth-order valence-electron chi connectivity index (χ4n) is 6.79. The molecule has 14 heteroatoms. The highest BCUT2D eigenvalue weighted by atomic mass is 19.1. The van der Waals surface area contributed by atoms with E-state index in [0.29, 0.717) is 23.4 Å². The number of carbonyl (C=O) groups excluding carboxylic acids is 2. The smallest absolute Gasteiger partial charge is 0.410 e. The van der Waals surface area contributed by atoms with E-state index >= 15 is 4.39 Å². The van der Waals surface area contributed by atoms with E-state index in [1.165, 1.54) is 11.1 Å². The number of aromatic nitrogens is 5. The molecule has 0 radical (unpaired) electrons. The van der Waals surface area contributed by atoms with Crippen molar-refractivity contribution >= 4 is 23.5 Å². The first-order valence-electron chi connectivity index (χ1n) is 16.2. The number of nitrogens with one attached hydrogen (secondary N) is 1. The molecular weight excluding hydrogens is 641 g/mol. The zero-order valence-corrected chi connectivity index (χ0v) is 28.1. The van der Waals surface area contributed by atoms with Crippen molar-refractivity contribution in [1.82, 2.24) is 34.6 Å². The SMILES string of the molecule is Cn1cc(-c2cc(-c3ccc(N4C[C@H]5[C@@H]4C(CF)(NC(=O)OCc4ccccc4)CN5C(=O)OC(C)(C)C)nc3)c3c(C#N)cnn3c2)cn1. The standard InChI is InChI=1S/C36H36FN9O4/c1-35(2,3)50-34(48)45-22-36(21-37,42-33(47)49-20-23-8-6-5-7-9-23)32-29(45)19-44(32)30-11-10-24(14-39-30)28-12-25(27-16-40-43(4)17-27)18-46-31(28)26(13-38)15-41-46/h5-12,14-18,29,32H,19-22H2,1-4H3,(H,42,47)/t29-,32+,36?/m0/s1. The summed E-state index contributed by atoms with van der Waals surface area (Å²) in [6.07, 6.45) is 7.34. The van der Waals surface area contributed by atoms with Crippen molar-refractivity contribution in [3.63, 3.8) is 0 Å². The fourth-order valence-corrected chi connectivity index (χ4v) is 6.79. The molecule has 3 atom stereocenters. The van der Waals surface area contributed by atoms with Gasteiger partial charge in [-0.25, -0.2) is 23.5 Å². The van der Waals surface area contributed by atoms with Crippen LogP contribution in [0.15, 0.2) is 79.5 Å². The predicted molar refractivity (Wildman–Crippen MR) is 182 cm³/mol. The van der Waals surface area contributed by atoms with E-state index in [4.69, 9.17) is 14.5 Å². The van der Waals surface area contributed by atoms with Crippen LogP contribution < -0.4 is 10.2 Å². The lowest BCUT2D eigenvalue weighted by Crippen LogP contribution is -2.73. The zero-order chi connectivity index (χ0) is 35.2. The number of fused-ring (bicyclic) bond motifs is 2. The first kappa shape index (κ1) is 32.6. The highest BCUT2D eigenvalue weighted by Crippen LogP contribution is 2.43. The van der Waals surface area contributed by atoms with E-state index in [-0.39, 0.29) is 13.2 Å². The minimum Gasteiger partial charge on any atom is -0.445 e. The third-order valence-electron chi connectivity index (χ3n) is 9.06. The molecule has 0 bridgehead atoms. The summed E-state index contributed by atoms with van der Waals surface area (Å²) < 4.78 is 29.8. The van der Waals surface area contributed by atoms with Crippen LogP contribution in [-0.4, -0.2) is 84.5 Å². The number of hydrogen-bond acceptors (Lipinski definition) is 9.